The Morgan fingerprint density at radius 1 is 0.789 bits per heavy atom. The predicted molar refractivity (Wildman–Crippen MR) is 78.0 cm³/mol. The van der Waals surface area contributed by atoms with Gasteiger partial charge in [-0.3, -0.25) is 0 Å². The van der Waals surface area contributed by atoms with Crippen LogP contribution < -0.4 is 0 Å². The van der Waals surface area contributed by atoms with E-state index >= 15 is 0 Å². The van der Waals surface area contributed by atoms with Gasteiger partial charge in [-0.25, -0.2) is 0 Å². The summed E-state index contributed by atoms with van der Waals surface area (Å²) in [4.78, 5) is 0. The maximum atomic E-state index is 5.88. The predicted octanol–water partition coefficient (Wildman–Crippen LogP) is 5.05. The lowest BCUT2D eigenvalue weighted by Crippen LogP contribution is -1.78. The first kappa shape index (κ1) is 10.4. The summed E-state index contributed by atoms with van der Waals surface area (Å²) in [7, 11) is 0. The third-order valence-corrected chi connectivity index (χ3v) is 3.43. The fourth-order valence-corrected chi connectivity index (χ4v) is 2.58. The normalized spacial score (nSPS) is 11.2. The molecule has 0 aliphatic heterocycles. The van der Waals surface area contributed by atoms with Crippen LogP contribution in [0.1, 0.15) is 0 Å². The Labute approximate surface area is 111 Å². The number of benzene rings is 3. The molecule has 89 valence electrons. The van der Waals surface area contributed by atoms with Crippen molar-refractivity contribution in [1.29, 1.82) is 0 Å². The van der Waals surface area contributed by atoms with Gasteiger partial charge in [0, 0.05) is 10.8 Å². The molecule has 1 heterocycles. The topological polar surface area (TPSA) is 13.1 Å². The van der Waals surface area contributed by atoms with Crippen molar-refractivity contribution < 1.29 is 4.42 Å². The summed E-state index contributed by atoms with van der Waals surface area (Å²) in [5.41, 5.74) is 4.24. The number of rotatable bonds is 1. The second kappa shape index (κ2) is 3.99. The van der Waals surface area contributed by atoms with E-state index in [9.17, 15) is 0 Å². The molecule has 0 bridgehead atoms. The van der Waals surface area contributed by atoms with Crippen LogP contribution in [-0.2, 0) is 0 Å². The molecule has 1 nitrogen and oxygen atoms in total. The van der Waals surface area contributed by atoms with E-state index in [-0.39, 0.29) is 0 Å². The quantitative estimate of drug-likeness (QED) is 0.455. The number of fused-ring (bicyclic) bond motifs is 3. The van der Waals surface area contributed by atoms with Crippen LogP contribution in [0.15, 0.2) is 71.1 Å². The lowest BCUT2D eigenvalue weighted by atomic mass is 10.00. The van der Waals surface area contributed by atoms with E-state index in [1.54, 1.807) is 0 Å². The Balaban J connectivity index is 2.17. The molecule has 0 aliphatic carbocycles. The van der Waals surface area contributed by atoms with Gasteiger partial charge in [-0.15, -0.1) is 0 Å². The van der Waals surface area contributed by atoms with Crippen LogP contribution in [0.25, 0.3) is 33.1 Å². The first-order valence-electron chi connectivity index (χ1n) is 6.30. The van der Waals surface area contributed by atoms with Gasteiger partial charge < -0.3 is 4.42 Å². The van der Waals surface area contributed by atoms with Gasteiger partial charge in [0.1, 0.15) is 11.2 Å². The summed E-state index contributed by atoms with van der Waals surface area (Å²) < 4.78 is 5.88. The zero-order valence-electron chi connectivity index (χ0n) is 10.3. The van der Waals surface area contributed by atoms with E-state index in [2.05, 4.69) is 42.5 Å². The maximum Gasteiger partial charge on any atom is 0.136 e. The lowest BCUT2D eigenvalue weighted by molar-refractivity contribution is 0.669. The Morgan fingerprint density at radius 2 is 1.68 bits per heavy atom. The van der Waals surface area contributed by atoms with E-state index in [0.717, 1.165) is 16.6 Å². The van der Waals surface area contributed by atoms with Gasteiger partial charge in [-0.05, 0) is 35.4 Å². The first-order valence-corrected chi connectivity index (χ1v) is 6.30. The molecule has 1 heteroatoms. The SMILES string of the molecule is [c]1ccc2c(c1)oc1cccc(-c3ccccc3)c12. The Morgan fingerprint density at radius 3 is 2.58 bits per heavy atom. The van der Waals surface area contributed by atoms with Crippen molar-refractivity contribution in [1.82, 2.24) is 0 Å². The molecule has 4 aromatic rings. The monoisotopic (exact) mass is 243 g/mol. The van der Waals surface area contributed by atoms with Crippen molar-refractivity contribution >= 4 is 21.9 Å². The Hall–Kier alpha value is -2.54. The van der Waals surface area contributed by atoms with Crippen LogP contribution in [0, 0.1) is 6.07 Å². The molecule has 1 radical (unpaired) electrons. The third-order valence-electron chi connectivity index (χ3n) is 3.43. The van der Waals surface area contributed by atoms with Crippen LogP contribution in [0.5, 0.6) is 0 Å². The molecule has 0 fully saturated rings. The molecule has 19 heavy (non-hydrogen) atoms. The molecule has 3 aromatic carbocycles. The van der Waals surface area contributed by atoms with Gasteiger partial charge in [0.05, 0.1) is 0 Å². The highest BCUT2D eigenvalue weighted by molar-refractivity contribution is 6.12. The van der Waals surface area contributed by atoms with Crippen molar-refractivity contribution in [2.75, 3.05) is 0 Å². The molecule has 0 spiro atoms. The summed E-state index contributed by atoms with van der Waals surface area (Å²) in [5.74, 6) is 0. The van der Waals surface area contributed by atoms with E-state index in [0.29, 0.717) is 0 Å². The van der Waals surface area contributed by atoms with Gasteiger partial charge in [-0.2, -0.15) is 0 Å². The van der Waals surface area contributed by atoms with Crippen LogP contribution in [0.3, 0.4) is 0 Å². The van der Waals surface area contributed by atoms with Crippen LogP contribution in [0.4, 0.5) is 0 Å². The van der Waals surface area contributed by atoms with Crippen molar-refractivity contribution in [3.63, 3.8) is 0 Å². The van der Waals surface area contributed by atoms with Crippen LogP contribution in [0.2, 0.25) is 0 Å². The average Bonchev–Trinajstić information content (AvgIpc) is 2.86. The molecule has 1 aromatic heterocycles. The summed E-state index contributed by atoms with van der Waals surface area (Å²) in [6.45, 7) is 0. The Kier molecular flexibility index (Phi) is 2.18. The second-order valence-corrected chi connectivity index (χ2v) is 4.57. The molecule has 0 aliphatic rings. The number of hydrogen-bond acceptors (Lipinski definition) is 1. The van der Waals surface area contributed by atoms with Gasteiger partial charge in [0.2, 0.25) is 0 Å². The standard InChI is InChI=1S/C18H11O/c1-2-7-13(8-3-1)14-10-6-12-17-18(14)15-9-4-5-11-16(15)19-17/h1-4,6-12H. The number of furan rings is 1. The lowest BCUT2D eigenvalue weighted by Gasteiger charge is -2.03. The van der Waals surface area contributed by atoms with Crippen LogP contribution >= 0.6 is 0 Å². The summed E-state index contributed by atoms with van der Waals surface area (Å²) in [6, 6.07) is 25.6. The minimum atomic E-state index is 0.890. The molecule has 0 unspecified atom stereocenters. The van der Waals surface area contributed by atoms with E-state index in [4.69, 9.17) is 4.42 Å². The van der Waals surface area contributed by atoms with Gasteiger partial charge in [0.15, 0.2) is 0 Å². The minimum absolute atomic E-state index is 0.890. The highest BCUT2D eigenvalue weighted by atomic mass is 16.3. The van der Waals surface area contributed by atoms with Crippen molar-refractivity contribution in [2.24, 2.45) is 0 Å². The van der Waals surface area contributed by atoms with Gasteiger partial charge >= 0.3 is 0 Å². The van der Waals surface area contributed by atoms with E-state index in [1.165, 1.54) is 16.5 Å². The fraction of sp³-hybridized carbons (Fsp3) is 0. The smallest absolute Gasteiger partial charge is 0.136 e. The Bertz CT molecular complexity index is 857. The molecule has 0 saturated heterocycles. The summed E-state index contributed by atoms with van der Waals surface area (Å²) in [5, 5.41) is 2.32. The zero-order valence-corrected chi connectivity index (χ0v) is 10.3. The molecule has 0 amide bonds. The third kappa shape index (κ3) is 1.55. The highest BCUT2D eigenvalue weighted by Gasteiger charge is 2.11. The van der Waals surface area contributed by atoms with E-state index < -0.39 is 0 Å². The molecule has 0 atom stereocenters. The maximum absolute atomic E-state index is 5.88. The molecule has 0 N–H and O–H groups in total. The van der Waals surface area contributed by atoms with E-state index in [1.807, 2.05) is 30.3 Å². The molecular weight excluding hydrogens is 232 g/mol. The number of hydrogen-bond donors (Lipinski definition) is 0. The average molecular weight is 243 g/mol. The van der Waals surface area contributed by atoms with Crippen molar-refractivity contribution in [3.8, 4) is 11.1 Å². The first-order chi connectivity index (χ1) is 9.43. The fourth-order valence-electron chi connectivity index (χ4n) is 2.58. The second-order valence-electron chi connectivity index (χ2n) is 4.57. The molecule has 4 rings (SSSR count). The minimum Gasteiger partial charge on any atom is -0.456 e. The summed E-state index contributed by atoms with van der Waals surface area (Å²) in [6.07, 6.45) is 0. The molecule has 0 saturated carbocycles. The largest absolute Gasteiger partial charge is 0.456 e. The van der Waals surface area contributed by atoms with Crippen molar-refractivity contribution in [2.45, 2.75) is 0 Å². The zero-order chi connectivity index (χ0) is 12.7. The van der Waals surface area contributed by atoms with Gasteiger partial charge in [0.25, 0.3) is 0 Å². The molecular formula is C18H11O. The summed E-state index contributed by atoms with van der Waals surface area (Å²) >= 11 is 0. The van der Waals surface area contributed by atoms with Crippen molar-refractivity contribution in [3.05, 3.63) is 72.8 Å². The van der Waals surface area contributed by atoms with Gasteiger partial charge in [-0.1, -0.05) is 48.5 Å². The highest BCUT2D eigenvalue weighted by Crippen LogP contribution is 2.35. The van der Waals surface area contributed by atoms with Crippen LogP contribution in [-0.4, -0.2) is 0 Å².